The fourth-order valence-electron chi connectivity index (χ4n) is 5.13. The first-order chi connectivity index (χ1) is 24.4. The molecule has 17 heteroatoms. The van der Waals surface area contributed by atoms with E-state index in [4.69, 9.17) is 15.2 Å². The summed E-state index contributed by atoms with van der Waals surface area (Å²) in [5, 5.41) is 24.4. The molecule has 3 N–H and O–H groups in total. The molecule has 0 radical (unpaired) electrons. The largest absolute Gasteiger partial charge is 0.379 e. The van der Waals surface area contributed by atoms with Crippen molar-refractivity contribution in [2.24, 2.45) is 10.7 Å². The van der Waals surface area contributed by atoms with Crippen molar-refractivity contribution in [3.8, 4) is 0 Å². The van der Waals surface area contributed by atoms with Gasteiger partial charge >= 0.3 is 0 Å². The maximum Gasteiger partial charge on any atom is 0.274 e. The van der Waals surface area contributed by atoms with E-state index < -0.39 is 10.7 Å². The van der Waals surface area contributed by atoms with Crippen LogP contribution in [-0.2, 0) is 16.0 Å². The van der Waals surface area contributed by atoms with Gasteiger partial charge in [0.15, 0.2) is 0 Å². The highest BCUT2D eigenvalue weighted by atomic mass is 19.1. The van der Waals surface area contributed by atoms with Crippen molar-refractivity contribution in [2.45, 2.75) is 33.2 Å². The Bertz CT molecular complexity index is 1530. The third-order valence-electron chi connectivity index (χ3n) is 7.78. The van der Waals surface area contributed by atoms with E-state index in [1.54, 1.807) is 38.3 Å². The molecular formula is C34H55FN10O6. The quantitative estimate of drug-likeness (QED) is 0.127. The Labute approximate surface area is 299 Å². The molecule has 0 unspecified atom stereocenters. The number of nitrogens with two attached hydrogens (primary N) is 1. The highest BCUT2D eigenvalue weighted by Crippen LogP contribution is 2.27. The Kier molecular flexibility index (Phi) is 19.7. The van der Waals surface area contributed by atoms with Crippen LogP contribution in [-0.4, -0.2) is 141 Å². The Hall–Kier alpha value is -4.13. The number of aryl methyl sites for hydroxylation is 3. The maximum atomic E-state index is 13.4. The minimum Gasteiger partial charge on any atom is -0.379 e. The smallest absolute Gasteiger partial charge is 0.274 e. The maximum absolute atomic E-state index is 13.4. The second kappa shape index (κ2) is 23.4. The number of rotatable bonds is 11. The van der Waals surface area contributed by atoms with Gasteiger partial charge in [0, 0.05) is 76.6 Å². The number of aromatic nitrogens is 2. The molecule has 3 heterocycles. The Morgan fingerprint density at radius 2 is 1.41 bits per heavy atom. The van der Waals surface area contributed by atoms with E-state index in [0.29, 0.717) is 11.1 Å². The summed E-state index contributed by atoms with van der Waals surface area (Å²) in [5.74, 6) is -0.568. The molecule has 2 fully saturated rings. The monoisotopic (exact) mass is 718 g/mol. The number of aliphatic imine (C=N–C) groups is 1. The van der Waals surface area contributed by atoms with Crippen molar-refractivity contribution in [1.82, 2.24) is 29.6 Å². The van der Waals surface area contributed by atoms with Crippen LogP contribution in [0.5, 0.6) is 0 Å². The van der Waals surface area contributed by atoms with Crippen LogP contribution in [0.15, 0.2) is 35.6 Å². The van der Waals surface area contributed by atoms with Gasteiger partial charge in [0.05, 0.1) is 60.0 Å². The second-order valence-corrected chi connectivity index (χ2v) is 12.3. The van der Waals surface area contributed by atoms with Gasteiger partial charge in [0.25, 0.3) is 11.4 Å². The lowest BCUT2D eigenvalue weighted by molar-refractivity contribution is -0.385. The van der Waals surface area contributed by atoms with Crippen LogP contribution in [0, 0.1) is 39.9 Å². The molecule has 51 heavy (non-hydrogen) atoms. The molecule has 2 aliphatic rings. The van der Waals surface area contributed by atoms with Gasteiger partial charge in [0.1, 0.15) is 11.5 Å². The number of nitrogens with zero attached hydrogens (tertiary/aromatic N) is 8. The summed E-state index contributed by atoms with van der Waals surface area (Å²) in [6.07, 6.45) is 5.30. The number of halogens is 1. The van der Waals surface area contributed by atoms with Crippen LogP contribution in [0.3, 0.4) is 0 Å². The van der Waals surface area contributed by atoms with Crippen LogP contribution in [0.25, 0.3) is 11.0 Å². The van der Waals surface area contributed by atoms with E-state index >= 15 is 0 Å². The summed E-state index contributed by atoms with van der Waals surface area (Å²) < 4.78 is 26.0. The fraction of sp³-hybridized carbons (Fsp3) is 0.588. The molecule has 0 bridgehead atoms. The topological polar surface area (TPSA) is 183 Å². The SMILES string of the molecule is CNC.Cc1cc(F)c(N=CN(C)C)cc1[N+](=O)[O-].Cc1cc2c(cc1[N+](=O)[O-])ncn2CCCN1CCOCC1.NCCCN1CCOCC1. The summed E-state index contributed by atoms with van der Waals surface area (Å²) in [5.41, 5.74) is 7.95. The van der Waals surface area contributed by atoms with Crippen LogP contribution in [0.4, 0.5) is 21.5 Å². The number of hydrogen-bond donors (Lipinski definition) is 2. The predicted molar refractivity (Wildman–Crippen MR) is 199 cm³/mol. The molecule has 2 aromatic carbocycles. The number of benzene rings is 2. The molecule has 2 aliphatic heterocycles. The number of fused-ring (bicyclic) bond motifs is 1. The molecule has 0 saturated carbocycles. The standard InChI is InChI=1S/C15H20N4O3.C10H12FN3O2.C7H16N2O.C2H7N/c1-12-9-15-13(10-14(12)19(20)21)16-11-18(15)4-2-3-17-5-7-22-8-6-17;1-7-4-8(11)9(12-6-13(2)3)5-10(7)14(15)16;8-2-1-3-9-4-6-10-7-5-9;1-3-2/h9-11H,2-8H2,1H3;4-6H,1-3H3;1-8H2;3H,1-2H3. The van der Waals surface area contributed by atoms with Gasteiger partial charge in [0.2, 0.25) is 0 Å². The number of ether oxygens (including phenoxy) is 2. The van der Waals surface area contributed by atoms with Crippen LogP contribution < -0.4 is 11.1 Å². The molecule has 16 nitrogen and oxygen atoms in total. The van der Waals surface area contributed by atoms with E-state index in [0.717, 1.165) is 109 Å². The van der Waals surface area contributed by atoms with Gasteiger partial charge in [-0.1, -0.05) is 0 Å². The highest BCUT2D eigenvalue weighted by molar-refractivity contribution is 5.79. The third-order valence-corrected chi connectivity index (χ3v) is 7.78. The van der Waals surface area contributed by atoms with Crippen molar-refractivity contribution in [1.29, 1.82) is 0 Å². The first-order valence-corrected chi connectivity index (χ1v) is 17.1. The van der Waals surface area contributed by atoms with Gasteiger partial charge < -0.3 is 30.0 Å². The van der Waals surface area contributed by atoms with Crippen LogP contribution >= 0.6 is 0 Å². The normalized spacial score (nSPS) is 14.9. The average Bonchev–Trinajstić information content (AvgIpc) is 3.49. The van der Waals surface area contributed by atoms with Gasteiger partial charge in [-0.3, -0.25) is 30.0 Å². The lowest BCUT2D eigenvalue weighted by atomic mass is 10.2. The fourth-order valence-corrected chi connectivity index (χ4v) is 5.13. The van der Waals surface area contributed by atoms with Crippen LogP contribution in [0.2, 0.25) is 0 Å². The predicted octanol–water partition coefficient (Wildman–Crippen LogP) is 3.74. The zero-order chi connectivity index (χ0) is 37.8. The van der Waals surface area contributed by atoms with E-state index in [2.05, 4.69) is 29.7 Å². The van der Waals surface area contributed by atoms with Crippen molar-refractivity contribution >= 4 is 34.4 Å². The van der Waals surface area contributed by atoms with Gasteiger partial charge in [-0.25, -0.2) is 14.4 Å². The lowest BCUT2D eigenvalue weighted by Crippen LogP contribution is -2.37. The Morgan fingerprint density at radius 3 is 1.92 bits per heavy atom. The highest BCUT2D eigenvalue weighted by Gasteiger charge is 2.16. The van der Waals surface area contributed by atoms with Gasteiger partial charge in [-0.05, 0) is 66.0 Å². The van der Waals surface area contributed by atoms with Crippen molar-refractivity contribution in [3.63, 3.8) is 0 Å². The Morgan fingerprint density at radius 1 is 0.902 bits per heavy atom. The molecule has 0 spiro atoms. The first kappa shape index (κ1) is 43.0. The van der Waals surface area contributed by atoms with Gasteiger partial charge in [-0.15, -0.1) is 0 Å². The molecule has 0 aliphatic carbocycles. The molecule has 0 atom stereocenters. The molecule has 0 amide bonds. The summed E-state index contributed by atoms with van der Waals surface area (Å²) in [4.78, 5) is 35.2. The molecular weight excluding hydrogens is 663 g/mol. The minimum atomic E-state index is -0.568. The lowest BCUT2D eigenvalue weighted by Gasteiger charge is -2.26. The third kappa shape index (κ3) is 15.3. The summed E-state index contributed by atoms with van der Waals surface area (Å²) in [6, 6.07) is 5.66. The number of morpholine rings is 2. The van der Waals surface area contributed by atoms with E-state index in [1.807, 2.05) is 20.2 Å². The van der Waals surface area contributed by atoms with E-state index in [1.165, 1.54) is 13.3 Å². The number of imidazole rings is 1. The second-order valence-electron chi connectivity index (χ2n) is 12.3. The van der Waals surface area contributed by atoms with E-state index in [9.17, 15) is 24.6 Å². The van der Waals surface area contributed by atoms with Crippen molar-refractivity contribution in [2.75, 3.05) is 100 Å². The summed E-state index contributed by atoms with van der Waals surface area (Å²) in [6.45, 7) is 14.7. The molecule has 5 rings (SSSR count). The van der Waals surface area contributed by atoms with Crippen LogP contribution in [0.1, 0.15) is 24.0 Å². The molecule has 2 saturated heterocycles. The van der Waals surface area contributed by atoms with Crippen molar-refractivity contribution < 1.29 is 23.7 Å². The number of nitrogens with one attached hydrogen (secondary N) is 1. The van der Waals surface area contributed by atoms with Crippen molar-refractivity contribution in [3.05, 3.63) is 67.8 Å². The number of hydrogen-bond acceptors (Lipinski definition) is 12. The zero-order valence-corrected chi connectivity index (χ0v) is 30.8. The minimum absolute atomic E-state index is 0.0361. The number of nitro benzene ring substituents is 2. The molecule has 284 valence electrons. The van der Waals surface area contributed by atoms with Gasteiger partial charge in [-0.2, -0.15) is 0 Å². The zero-order valence-electron chi connectivity index (χ0n) is 30.8. The first-order valence-electron chi connectivity index (χ1n) is 17.1. The summed E-state index contributed by atoms with van der Waals surface area (Å²) in [7, 11) is 7.20. The molecule has 1 aromatic heterocycles. The summed E-state index contributed by atoms with van der Waals surface area (Å²) >= 11 is 0. The van der Waals surface area contributed by atoms with E-state index in [-0.39, 0.29) is 27.5 Å². The Balaban J connectivity index is 0.000000272. The number of nitro groups is 2. The average molecular weight is 719 g/mol. The molecule has 3 aromatic rings.